The van der Waals surface area contributed by atoms with E-state index in [9.17, 15) is 13.2 Å². The lowest BCUT2D eigenvalue weighted by Gasteiger charge is -2.11. The Bertz CT molecular complexity index is 567. The van der Waals surface area contributed by atoms with Crippen molar-refractivity contribution >= 4 is 31.7 Å². The summed E-state index contributed by atoms with van der Waals surface area (Å²) >= 11 is 3.31. The molecule has 0 aliphatic rings. The molecule has 0 fully saturated rings. The van der Waals surface area contributed by atoms with Crippen molar-refractivity contribution in [3.8, 4) is 0 Å². The fourth-order valence-corrected chi connectivity index (χ4v) is 3.80. The van der Waals surface area contributed by atoms with E-state index in [1.165, 1.54) is 0 Å². The van der Waals surface area contributed by atoms with Gasteiger partial charge in [-0.3, -0.25) is 4.79 Å². The van der Waals surface area contributed by atoms with Crippen LogP contribution in [-0.4, -0.2) is 20.1 Å². The van der Waals surface area contributed by atoms with Gasteiger partial charge in [0.15, 0.2) is 9.84 Å². The van der Waals surface area contributed by atoms with Crippen LogP contribution in [0.2, 0.25) is 0 Å². The SMILES string of the molecule is CCCS(=O)(=O)c1cc(Br)c(C)cc1CC(N)=O. The molecular weight excluding hydrogens is 318 g/mol. The van der Waals surface area contributed by atoms with Gasteiger partial charge < -0.3 is 5.73 Å². The minimum absolute atomic E-state index is 0.0631. The Balaban J connectivity index is 3.41. The van der Waals surface area contributed by atoms with Gasteiger partial charge in [0.1, 0.15) is 0 Å². The fourth-order valence-electron chi connectivity index (χ4n) is 1.72. The van der Waals surface area contributed by atoms with Gasteiger partial charge in [0.2, 0.25) is 5.91 Å². The number of hydrogen-bond acceptors (Lipinski definition) is 3. The van der Waals surface area contributed by atoms with Crippen LogP contribution in [0, 0.1) is 6.92 Å². The molecule has 100 valence electrons. The third-order valence-corrected chi connectivity index (χ3v) is 5.36. The Morgan fingerprint density at radius 3 is 2.50 bits per heavy atom. The number of nitrogens with two attached hydrogens (primary N) is 1. The number of carbonyl (C=O) groups excluding carboxylic acids is 1. The van der Waals surface area contributed by atoms with E-state index in [1.807, 2.05) is 6.92 Å². The highest BCUT2D eigenvalue weighted by Gasteiger charge is 2.20. The Labute approximate surface area is 116 Å². The fraction of sp³-hybridized carbons (Fsp3) is 0.417. The van der Waals surface area contributed by atoms with Crippen LogP contribution in [-0.2, 0) is 21.1 Å². The molecule has 6 heteroatoms. The average Bonchev–Trinajstić information content (AvgIpc) is 2.22. The van der Waals surface area contributed by atoms with E-state index in [4.69, 9.17) is 5.73 Å². The summed E-state index contributed by atoms with van der Waals surface area (Å²) in [5.74, 6) is -0.474. The lowest BCUT2D eigenvalue weighted by molar-refractivity contribution is -0.117. The van der Waals surface area contributed by atoms with Crippen LogP contribution >= 0.6 is 15.9 Å². The molecule has 4 nitrogen and oxygen atoms in total. The number of carbonyl (C=O) groups is 1. The summed E-state index contributed by atoms with van der Waals surface area (Å²) in [5.41, 5.74) is 6.50. The standard InChI is InChI=1S/C12H16BrNO3S/c1-3-4-18(16,17)11-7-10(13)8(2)5-9(11)6-12(14)15/h5,7H,3-4,6H2,1-2H3,(H2,14,15). The highest BCUT2D eigenvalue weighted by Crippen LogP contribution is 2.26. The van der Waals surface area contributed by atoms with Crippen LogP contribution in [0.3, 0.4) is 0 Å². The van der Waals surface area contributed by atoms with Crippen LogP contribution in [0.25, 0.3) is 0 Å². The zero-order valence-electron chi connectivity index (χ0n) is 10.4. The molecule has 1 rings (SSSR count). The summed E-state index contributed by atoms with van der Waals surface area (Å²) in [6, 6.07) is 3.25. The van der Waals surface area contributed by atoms with Gasteiger partial charge in [-0.1, -0.05) is 28.9 Å². The van der Waals surface area contributed by atoms with Crippen molar-refractivity contribution in [2.24, 2.45) is 5.73 Å². The van der Waals surface area contributed by atoms with Crippen molar-refractivity contribution in [3.05, 3.63) is 27.7 Å². The molecule has 0 radical (unpaired) electrons. The number of amides is 1. The van der Waals surface area contributed by atoms with E-state index in [-0.39, 0.29) is 17.1 Å². The highest BCUT2D eigenvalue weighted by molar-refractivity contribution is 9.10. The molecule has 0 unspecified atom stereocenters. The molecule has 0 atom stereocenters. The first kappa shape index (κ1) is 15.2. The molecule has 0 spiro atoms. The summed E-state index contributed by atoms with van der Waals surface area (Å²) in [6.45, 7) is 3.64. The topological polar surface area (TPSA) is 77.2 Å². The molecule has 0 saturated heterocycles. The van der Waals surface area contributed by atoms with Crippen LogP contribution in [0.15, 0.2) is 21.5 Å². The summed E-state index contributed by atoms with van der Waals surface area (Å²) in [5, 5.41) is 0. The molecule has 18 heavy (non-hydrogen) atoms. The predicted molar refractivity (Wildman–Crippen MR) is 74.1 cm³/mol. The van der Waals surface area contributed by atoms with E-state index in [1.54, 1.807) is 19.1 Å². The second-order valence-electron chi connectivity index (χ2n) is 4.17. The second kappa shape index (κ2) is 5.84. The van der Waals surface area contributed by atoms with Crippen molar-refractivity contribution in [1.29, 1.82) is 0 Å². The maximum Gasteiger partial charge on any atom is 0.221 e. The molecule has 1 amide bonds. The first-order valence-corrected chi connectivity index (χ1v) is 8.02. The third kappa shape index (κ3) is 3.55. The largest absolute Gasteiger partial charge is 0.369 e. The smallest absolute Gasteiger partial charge is 0.221 e. The van der Waals surface area contributed by atoms with Gasteiger partial charge in [-0.2, -0.15) is 0 Å². The summed E-state index contributed by atoms with van der Waals surface area (Å²) in [6.07, 6.45) is 0.468. The Hall–Kier alpha value is -0.880. The quantitative estimate of drug-likeness (QED) is 0.894. The second-order valence-corrected chi connectivity index (χ2v) is 7.10. The van der Waals surface area contributed by atoms with Crippen molar-refractivity contribution < 1.29 is 13.2 Å². The van der Waals surface area contributed by atoms with Crippen molar-refractivity contribution in [3.63, 3.8) is 0 Å². The van der Waals surface area contributed by atoms with Gasteiger partial charge in [0.05, 0.1) is 17.1 Å². The molecule has 0 bridgehead atoms. The number of primary amides is 1. The normalized spacial score (nSPS) is 11.5. The van der Waals surface area contributed by atoms with Gasteiger partial charge in [0.25, 0.3) is 0 Å². The summed E-state index contributed by atoms with van der Waals surface area (Å²) in [4.78, 5) is 11.2. The van der Waals surface area contributed by atoms with Gasteiger partial charge in [-0.05, 0) is 30.5 Å². The lowest BCUT2D eigenvalue weighted by Crippen LogP contribution is -2.17. The van der Waals surface area contributed by atoms with E-state index in [2.05, 4.69) is 15.9 Å². The molecule has 0 aliphatic carbocycles. The zero-order chi connectivity index (χ0) is 13.9. The first-order chi connectivity index (χ1) is 8.27. The minimum atomic E-state index is -3.36. The third-order valence-electron chi connectivity index (χ3n) is 2.51. The first-order valence-electron chi connectivity index (χ1n) is 5.58. The number of sulfone groups is 1. The Kier molecular flexibility index (Phi) is 4.92. The Morgan fingerprint density at radius 2 is 2.00 bits per heavy atom. The number of rotatable bonds is 5. The average molecular weight is 334 g/mol. The minimum Gasteiger partial charge on any atom is -0.369 e. The van der Waals surface area contributed by atoms with Gasteiger partial charge in [-0.15, -0.1) is 0 Å². The van der Waals surface area contributed by atoms with Gasteiger partial charge >= 0.3 is 0 Å². The summed E-state index contributed by atoms with van der Waals surface area (Å²) in [7, 11) is -3.36. The molecule has 0 saturated carbocycles. The molecular formula is C12H16BrNO3S. The molecule has 0 aromatic heterocycles. The van der Waals surface area contributed by atoms with Crippen LogP contribution in [0.4, 0.5) is 0 Å². The molecule has 1 aromatic rings. The molecule has 1 aromatic carbocycles. The van der Waals surface area contributed by atoms with Crippen LogP contribution < -0.4 is 5.73 Å². The van der Waals surface area contributed by atoms with E-state index < -0.39 is 15.7 Å². The monoisotopic (exact) mass is 333 g/mol. The number of hydrogen-bond donors (Lipinski definition) is 1. The molecule has 0 heterocycles. The predicted octanol–water partition coefficient (Wildman–Crippen LogP) is 1.97. The van der Waals surface area contributed by atoms with Crippen LogP contribution in [0.5, 0.6) is 0 Å². The van der Waals surface area contributed by atoms with Gasteiger partial charge in [0, 0.05) is 4.47 Å². The maximum absolute atomic E-state index is 12.1. The summed E-state index contributed by atoms with van der Waals surface area (Å²) < 4.78 is 25.0. The maximum atomic E-state index is 12.1. The van der Waals surface area contributed by atoms with E-state index >= 15 is 0 Å². The highest BCUT2D eigenvalue weighted by atomic mass is 79.9. The van der Waals surface area contributed by atoms with Crippen molar-refractivity contribution in [2.75, 3.05) is 5.75 Å². The van der Waals surface area contributed by atoms with Gasteiger partial charge in [-0.25, -0.2) is 8.42 Å². The van der Waals surface area contributed by atoms with Crippen molar-refractivity contribution in [2.45, 2.75) is 31.6 Å². The number of aryl methyl sites for hydroxylation is 1. The number of halogens is 1. The zero-order valence-corrected chi connectivity index (χ0v) is 12.8. The van der Waals surface area contributed by atoms with Crippen LogP contribution in [0.1, 0.15) is 24.5 Å². The molecule has 0 aliphatic heterocycles. The van der Waals surface area contributed by atoms with E-state index in [0.29, 0.717) is 16.5 Å². The lowest BCUT2D eigenvalue weighted by atomic mass is 10.1. The number of benzene rings is 1. The Morgan fingerprint density at radius 1 is 1.39 bits per heavy atom. The molecule has 2 N–H and O–H groups in total. The van der Waals surface area contributed by atoms with E-state index in [0.717, 1.165) is 5.56 Å². The van der Waals surface area contributed by atoms with Crippen molar-refractivity contribution in [1.82, 2.24) is 0 Å².